The molecule has 27 heavy (non-hydrogen) atoms. The van der Waals surface area contributed by atoms with Crippen molar-refractivity contribution in [1.82, 2.24) is 15.2 Å². The molecule has 1 atom stereocenters. The van der Waals surface area contributed by atoms with E-state index >= 15 is 0 Å². The summed E-state index contributed by atoms with van der Waals surface area (Å²) in [5.74, 6) is -0.679. The van der Waals surface area contributed by atoms with Crippen LogP contribution in [0.2, 0.25) is 0 Å². The Hall–Kier alpha value is -2.48. The average molecular weight is 435 g/mol. The number of rotatable bonds is 3. The summed E-state index contributed by atoms with van der Waals surface area (Å²) >= 11 is 3.31. The molecule has 1 aliphatic rings. The summed E-state index contributed by atoms with van der Waals surface area (Å²) in [6.07, 6.45) is 0.865. The number of carbonyl (C=O) groups is 2. The lowest BCUT2D eigenvalue weighted by Gasteiger charge is -2.37. The number of hydrogen-bond donors (Lipinski definition) is 2. The predicted molar refractivity (Wildman–Crippen MR) is 104 cm³/mol. The SMILES string of the molecule is CC(C)(C)NC(=O)CN1C(=O)c2cc(Br)cnc2NC1c1cccc(F)c1. The number of aromatic nitrogens is 1. The summed E-state index contributed by atoms with van der Waals surface area (Å²) in [7, 11) is 0. The van der Waals surface area contributed by atoms with Crippen LogP contribution in [0.3, 0.4) is 0 Å². The normalized spacial score (nSPS) is 16.6. The van der Waals surface area contributed by atoms with E-state index in [0.29, 0.717) is 21.4 Å². The first kappa shape index (κ1) is 19.3. The van der Waals surface area contributed by atoms with Crippen molar-refractivity contribution in [2.45, 2.75) is 32.5 Å². The molecule has 8 heteroatoms. The largest absolute Gasteiger partial charge is 0.350 e. The molecule has 1 aromatic heterocycles. The van der Waals surface area contributed by atoms with Crippen molar-refractivity contribution in [3.63, 3.8) is 0 Å². The number of pyridine rings is 1. The summed E-state index contributed by atoms with van der Waals surface area (Å²) in [6.45, 7) is 5.42. The maximum absolute atomic E-state index is 13.7. The Morgan fingerprint density at radius 3 is 2.78 bits per heavy atom. The molecule has 0 fully saturated rings. The second-order valence-corrected chi connectivity index (χ2v) is 8.30. The van der Waals surface area contributed by atoms with Crippen LogP contribution < -0.4 is 10.6 Å². The monoisotopic (exact) mass is 434 g/mol. The van der Waals surface area contributed by atoms with Gasteiger partial charge in [0, 0.05) is 16.2 Å². The first-order valence-electron chi connectivity index (χ1n) is 8.43. The van der Waals surface area contributed by atoms with E-state index in [-0.39, 0.29) is 18.4 Å². The molecule has 0 aliphatic carbocycles. The second kappa shape index (κ2) is 7.26. The van der Waals surface area contributed by atoms with E-state index < -0.39 is 17.5 Å². The van der Waals surface area contributed by atoms with Gasteiger partial charge >= 0.3 is 0 Å². The number of nitrogens with zero attached hydrogens (tertiary/aromatic N) is 2. The molecule has 0 spiro atoms. The van der Waals surface area contributed by atoms with Gasteiger partial charge in [0.1, 0.15) is 24.3 Å². The zero-order chi connectivity index (χ0) is 19.8. The van der Waals surface area contributed by atoms with Gasteiger partial charge in [-0.3, -0.25) is 9.59 Å². The first-order valence-corrected chi connectivity index (χ1v) is 9.23. The van der Waals surface area contributed by atoms with E-state index in [1.54, 1.807) is 24.4 Å². The minimum absolute atomic E-state index is 0.170. The van der Waals surface area contributed by atoms with Crippen LogP contribution in [0.15, 0.2) is 41.0 Å². The van der Waals surface area contributed by atoms with Gasteiger partial charge < -0.3 is 15.5 Å². The third-order valence-corrected chi connectivity index (χ3v) is 4.36. The highest BCUT2D eigenvalue weighted by molar-refractivity contribution is 9.10. The van der Waals surface area contributed by atoms with Crippen molar-refractivity contribution < 1.29 is 14.0 Å². The first-order chi connectivity index (χ1) is 12.6. The summed E-state index contributed by atoms with van der Waals surface area (Å²) in [5, 5.41) is 5.99. The molecule has 0 bridgehead atoms. The van der Waals surface area contributed by atoms with Crippen LogP contribution in [0.1, 0.15) is 42.9 Å². The van der Waals surface area contributed by atoms with Gasteiger partial charge in [-0.2, -0.15) is 0 Å². The smallest absolute Gasteiger partial charge is 0.260 e. The molecule has 0 saturated carbocycles. The molecule has 2 N–H and O–H groups in total. The fourth-order valence-electron chi connectivity index (χ4n) is 2.91. The Bertz CT molecular complexity index is 898. The maximum atomic E-state index is 13.7. The lowest BCUT2D eigenvalue weighted by Crippen LogP contribution is -2.51. The van der Waals surface area contributed by atoms with Crippen molar-refractivity contribution >= 4 is 33.6 Å². The zero-order valence-electron chi connectivity index (χ0n) is 15.2. The summed E-state index contributed by atoms with van der Waals surface area (Å²) in [4.78, 5) is 31.2. The highest BCUT2D eigenvalue weighted by Crippen LogP contribution is 2.33. The third-order valence-electron chi connectivity index (χ3n) is 3.92. The van der Waals surface area contributed by atoms with Crippen molar-refractivity contribution in [3.05, 3.63) is 57.9 Å². The molecule has 1 aliphatic heterocycles. The van der Waals surface area contributed by atoms with Gasteiger partial charge in [-0.15, -0.1) is 0 Å². The average Bonchev–Trinajstić information content (AvgIpc) is 2.56. The van der Waals surface area contributed by atoms with E-state index in [1.807, 2.05) is 20.8 Å². The predicted octanol–water partition coefficient (Wildman–Crippen LogP) is 3.46. The highest BCUT2D eigenvalue weighted by Gasteiger charge is 2.35. The van der Waals surface area contributed by atoms with E-state index in [9.17, 15) is 14.0 Å². The summed E-state index contributed by atoms with van der Waals surface area (Å²) < 4.78 is 14.4. The molecule has 0 radical (unpaired) electrons. The number of fused-ring (bicyclic) bond motifs is 1. The Morgan fingerprint density at radius 2 is 2.11 bits per heavy atom. The van der Waals surface area contributed by atoms with Gasteiger partial charge in [-0.1, -0.05) is 12.1 Å². The molecule has 2 aromatic rings. The van der Waals surface area contributed by atoms with Crippen LogP contribution in [0.4, 0.5) is 10.2 Å². The van der Waals surface area contributed by atoms with Crippen LogP contribution in [-0.2, 0) is 4.79 Å². The number of amides is 2. The van der Waals surface area contributed by atoms with Crippen LogP contribution in [0.5, 0.6) is 0 Å². The molecular weight excluding hydrogens is 415 g/mol. The van der Waals surface area contributed by atoms with E-state index in [0.717, 1.165) is 0 Å². The molecule has 1 unspecified atom stereocenters. The van der Waals surface area contributed by atoms with Crippen LogP contribution in [-0.4, -0.2) is 33.8 Å². The Labute approximate surface area is 165 Å². The number of nitrogens with one attached hydrogen (secondary N) is 2. The summed E-state index contributed by atoms with van der Waals surface area (Å²) in [6, 6.07) is 7.58. The molecule has 142 valence electrons. The Morgan fingerprint density at radius 1 is 1.37 bits per heavy atom. The Balaban J connectivity index is 1.99. The van der Waals surface area contributed by atoms with Gasteiger partial charge in [-0.05, 0) is 60.5 Å². The minimum atomic E-state index is -0.708. The zero-order valence-corrected chi connectivity index (χ0v) is 16.8. The highest BCUT2D eigenvalue weighted by atomic mass is 79.9. The van der Waals surface area contributed by atoms with E-state index in [4.69, 9.17) is 0 Å². The number of benzene rings is 1. The molecular formula is C19H20BrFN4O2. The van der Waals surface area contributed by atoms with Crippen molar-refractivity contribution in [2.75, 3.05) is 11.9 Å². The maximum Gasteiger partial charge on any atom is 0.260 e. The van der Waals surface area contributed by atoms with Crippen molar-refractivity contribution in [3.8, 4) is 0 Å². The van der Waals surface area contributed by atoms with Crippen molar-refractivity contribution in [1.29, 1.82) is 0 Å². The Kier molecular flexibility index (Phi) is 5.19. The summed E-state index contributed by atoms with van der Waals surface area (Å²) in [5.41, 5.74) is 0.447. The van der Waals surface area contributed by atoms with Crippen LogP contribution in [0.25, 0.3) is 0 Å². The fourth-order valence-corrected chi connectivity index (χ4v) is 3.24. The van der Waals surface area contributed by atoms with Gasteiger partial charge in [0.15, 0.2) is 0 Å². The third kappa shape index (κ3) is 4.44. The fraction of sp³-hybridized carbons (Fsp3) is 0.316. The van der Waals surface area contributed by atoms with Crippen LogP contribution >= 0.6 is 15.9 Å². The van der Waals surface area contributed by atoms with Crippen molar-refractivity contribution in [2.24, 2.45) is 0 Å². The molecule has 1 aromatic carbocycles. The lowest BCUT2D eigenvalue weighted by atomic mass is 10.1. The van der Waals surface area contributed by atoms with Gasteiger partial charge in [0.25, 0.3) is 5.91 Å². The number of anilines is 1. The molecule has 2 amide bonds. The number of carbonyl (C=O) groups excluding carboxylic acids is 2. The lowest BCUT2D eigenvalue weighted by molar-refractivity contribution is -0.123. The quantitative estimate of drug-likeness (QED) is 0.775. The van der Waals surface area contributed by atoms with E-state index in [2.05, 4.69) is 31.5 Å². The molecule has 2 heterocycles. The second-order valence-electron chi connectivity index (χ2n) is 7.38. The molecule has 6 nitrogen and oxygen atoms in total. The molecule has 0 saturated heterocycles. The van der Waals surface area contributed by atoms with Crippen LogP contribution in [0, 0.1) is 5.82 Å². The van der Waals surface area contributed by atoms with Gasteiger partial charge in [0.2, 0.25) is 5.91 Å². The molecule has 3 rings (SSSR count). The van der Waals surface area contributed by atoms with Gasteiger partial charge in [-0.25, -0.2) is 9.37 Å². The minimum Gasteiger partial charge on any atom is -0.350 e. The number of hydrogen-bond acceptors (Lipinski definition) is 4. The number of halogens is 2. The standard InChI is InChI=1S/C19H20BrFN4O2/c1-19(2,3)24-15(26)10-25-17(11-5-4-6-13(21)7-11)23-16-14(18(25)27)8-12(20)9-22-16/h4-9,17H,10H2,1-3H3,(H,22,23)(H,24,26). The van der Waals surface area contributed by atoms with Gasteiger partial charge in [0.05, 0.1) is 5.56 Å². The topological polar surface area (TPSA) is 74.3 Å². The van der Waals surface area contributed by atoms with E-state index in [1.165, 1.54) is 17.0 Å².